The lowest BCUT2D eigenvalue weighted by atomic mass is 9.98. The number of halogens is 4. The molecule has 0 saturated carbocycles. The van der Waals surface area contributed by atoms with Gasteiger partial charge in [0.2, 0.25) is 17.6 Å². The van der Waals surface area contributed by atoms with Gasteiger partial charge in [0.1, 0.15) is 30.3 Å². The number of likely N-dealkylation sites (N-methyl/N-ethyl adjacent to an activating group) is 1. The van der Waals surface area contributed by atoms with E-state index in [1.165, 1.54) is 51.2 Å². The first kappa shape index (κ1) is 27.7. The summed E-state index contributed by atoms with van der Waals surface area (Å²) < 4.78 is 71.0. The Labute approximate surface area is 220 Å². The highest BCUT2D eigenvalue weighted by Gasteiger charge is 2.49. The fourth-order valence-electron chi connectivity index (χ4n) is 4.14. The highest BCUT2D eigenvalue weighted by Crippen LogP contribution is 2.41. The van der Waals surface area contributed by atoms with Crippen molar-refractivity contribution < 1.29 is 45.8 Å². The average molecular weight is 551 g/mol. The van der Waals surface area contributed by atoms with Gasteiger partial charge in [0.25, 0.3) is 5.91 Å². The number of rotatable bonds is 6. The van der Waals surface area contributed by atoms with Gasteiger partial charge in [0.05, 0.1) is 18.1 Å². The van der Waals surface area contributed by atoms with Crippen LogP contribution in [0.25, 0.3) is 11.0 Å². The number of nitrogens with zero attached hydrogens (tertiary/aromatic N) is 2. The molecule has 1 aromatic heterocycles. The van der Waals surface area contributed by atoms with E-state index in [0.29, 0.717) is 0 Å². The van der Waals surface area contributed by atoms with Gasteiger partial charge in [0, 0.05) is 26.2 Å². The first-order chi connectivity index (χ1) is 18.3. The molecule has 4 rings (SSSR count). The fraction of sp³-hybridized carbons (Fsp3) is 0.346. The van der Waals surface area contributed by atoms with Gasteiger partial charge in [0.15, 0.2) is 11.3 Å². The average Bonchev–Trinajstić information content (AvgIpc) is 3.21. The third-order valence-electron chi connectivity index (χ3n) is 6.51. The molecule has 0 aliphatic carbocycles. The van der Waals surface area contributed by atoms with E-state index in [4.69, 9.17) is 13.9 Å². The smallest absolute Gasteiger partial charge is 0.416 e. The summed E-state index contributed by atoms with van der Waals surface area (Å²) in [7, 11) is 4.24. The van der Waals surface area contributed by atoms with Crippen molar-refractivity contribution in [3.05, 3.63) is 59.1 Å². The molecule has 208 valence electrons. The maximum absolute atomic E-state index is 14.4. The molecule has 3 aromatic rings. The van der Waals surface area contributed by atoms with Gasteiger partial charge >= 0.3 is 6.18 Å². The number of alkyl halides is 3. The molecule has 3 amide bonds. The molecular formula is C26H25F4N3O6. The van der Waals surface area contributed by atoms with Gasteiger partial charge in [-0.1, -0.05) is 6.07 Å². The van der Waals surface area contributed by atoms with Gasteiger partial charge in [-0.15, -0.1) is 0 Å². The molecule has 9 nitrogen and oxygen atoms in total. The molecular weight excluding hydrogens is 526 g/mol. The highest BCUT2D eigenvalue weighted by molar-refractivity contribution is 6.06. The van der Waals surface area contributed by atoms with Crippen molar-refractivity contribution in [2.75, 3.05) is 34.4 Å². The van der Waals surface area contributed by atoms with Gasteiger partial charge in [-0.05, 0) is 37.3 Å². The Kier molecular flexibility index (Phi) is 7.19. The zero-order valence-corrected chi connectivity index (χ0v) is 21.4. The van der Waals surface area contributed by atoms with Crippen LogP contribution in [0.15, 0.2) is 40.8 Å². The number of hydrogen-bond acceptors (Lipinski definition) is 6. The molecule has 0 unspecified atom stereocenters. The van der Waals surface area contributed by atoms with Crippen LogP contribution < -0.4 is 14.8 Å². The van der Waals surface area contributed by atoms with Crippen LogP contribution in [0.5, 0.6) is 11.5 Å². The maximum Gasteiger partial charge on any atom is 0.416 e. The van der Waals surface area contributed by atoms with Crippen LogP contribution in [-0.2, 0) is 22.3 Å². The monoisotopic (exact) mass is 551 g/mol. The first-order valence-corrected chi connectivity index (χ1v) is 11.7. The Bertz CT molecular complexity index is 1450. The van der Waals surface area contributed by atoms with E-state index >= 15 is 0 Å². The van der Waals surface area contributed by atoms with Gasteiger partial charge in [-0.3, -0.25) is 14.4 Å². The molecule has 13 heteroatoms. The number of furan rings is 1. The van der Waals surface area contributed by atoms with Crippen molar-refractivity contribution in [3.8, 4) is 11.5 Å². The van der Waals surface area contributed by atoms with Crippen molar-refractivity contribution in [3.63, 3.8) is 0 Å². The summed E-state index contributed by atoms with van der Waals surface area (Å²) in [5.74, 6) is -3.49. The lowest BCUT2D eigenvalue weighted by molar-refractivity contribution is -0.138. The van der Waals surface area contributed by atoms with Crippen LogP contribution in [-0.4, -0.2) is 67.4 Å². The number of carbonyl (C=O) groups excluding carboxylic acids is 3. The molecule has 2 heterocycles. The lowest BCUT2D eigenvalue weighted by Gasteiger charge is -2.37. The van der Waals surface area contributed by atoms with E-state index in [1.54, 1.807) is 0 Å². The molecule has 1 aliphatic rings. The Morgan fingerprint density at radius 1 is 1.21 bits per heavy atom. The van der Waals surface area contributed by atoms with Crippen molar-refractivity contribution in [2.24, 2.45) is 0 Å². The van der Waals surface area contributed by atoms with Crippen LogP contribution in [0.3, 0.4) is 0 Å². The number of ether oxygens (including phenoxy) is 2. The molecule has 1 N–H and O–H groups in total. The number of carbonyl (C=O) groups is 3. The third-order valence-corrected chi connectivity index (χ3v) is 6.51. The lowest BCUT2D eigenvalue weighted by Crippen LogP contribution is -2.62. The van der Waals surface area contributed by atoms with Gasteiger partial charge in [-0.25, -0.2) is 4.39 Å². The first-order valence-electron chi connectivity index (χ1n) is 11.7. The molecule has 0 spiro atoms. The predicted molar refractivity (Wildman–Crippen MR) is 130 cm³/mol. The molecule has 0 saturated heterocycles. The quantitative estimate of drug-likeness (QED) is 0.470. The van der Waals surface area contributed by atoms with Crippen LogP contribution >= 0.6 is 0 Å². The van der Waals surface area contributed by atoms with E-state index < -0.39 is 59.7 Å². The number of hydrogen-bond donors (Lipinski definition) is 1. The fourth-order valence-corrected chi connectivity index (χ4v) is 4.14. The minimum Gasteiger partial charge on any atom is -0.496 e. The van der Waals surface area contributed by atoms with E-state index in [0.717, 1.165) is 23.1 Å². The molecule has 1 aliphatic heterocycles. The van der Waals surface area contributed by atoms with Crippen molar-refractivity contribution in [2.45, 2.75) is 25.2 Å². The van der Waals surface area contributed by atoms with E-state index in [2.05, 4.69) is 5.32 Å². The summed E-state index contributed by atoms with van der Waals surface area (Å²) in [6.45, 7) is -0.115. The summed E-state index contributed by atoms with van der Waals surface area (Å²) >= 11 is 0. The van der Waals surface area contributed by atoms with E-state index in [9.17, 15) is 31.9 Å². The molecule has 0 radical (unpaired) electrons. The van der Waals surface area contributed by atoms with E-state index in [1.807, 2.05) is 0 Å². The number of nitrogens with one attached hydrogen (secondary N) is 1. The van der Waals surface area contributed by atoms with Crippen molar-refractivity contribution in [1.29, 1.82) is 0 Å². The Morgan fingerprint density at radius 2 is 1.92 bits per heavy atom. The largest absolute Gasteiger partial charge is 0.496 e. The minimum atomic E-state index is -4.67. The number of fused-ring (bicyclic) bond motifs is 3. The summed E-state index contributed by atoms with van der Waals surface area (Å²) in [4.78, 5) is 42.0. The predicted octanol–water partition coefficient (Wildman–Crippen LogP) is 3.60. The molecule has 2 aromatic carbocycles. The second kappa shape index (κ2) is 10.1. The van der Waals surface area contributed by atoms with Gasteiger partial charge < -0.3 is 29.0 Å². The summed E-state index contributed by atoms with van der Waals surface area (Å²) in [6, 6.07) is 6.77. The van der Waals surface area contributed by atoms with Crippen molar-refractivity contribution >= 4 is 28.7 Å². The molecule has 0 bridgehead atoms. The molecule has 0 fully saturated rings. The van der Waals surface area contributed by atoms with Crippen LogP contribution in [0, 0.1) is 5.82 Å². The summed E-state index contributed by atoms with van der Waals surface area (Å²) in [5, 5.41) is 2.44. The Hall–Kier alpha value is -4.29. The summed E-state index contributed by atoms with van der Waals surface area (Å²) in [5.41, 5.74) is -2.83. The maximum atomic E-state index is 14.4. The van der Waals surface area contributed by atoms with Crippen LogP contribution in [0.4, 0.5) is 17.6 Å². The number of methoxy groups -OCH3 is 1. The second-order valence-corrected chi connectivity index (χ2v) is 9.31. The van der Waals surface area contributed by atoms with Crippen LogP contribution in [0.1, 0.15) is 28.6 Å². The number of benzene rings is 2. The zero-order chi connectivity index (χ0) is 28.7. The SMILES string of the molecule is COc1cccc(F)c1CNC(=O)[C@@]1(C)COc2c(oc3ccc(C(F)(F)F)cc23)C(=O)N1CC(=O)N(C)C. The summed E-state index contributed by atoms with van der Waals surface area (Å²) in [6.07, 6.45) is -4.67. The topological polar surface area (TPSA) is 101 Å². The van der Waals surface area contributed by atoms with Gasteiger partial charge in [-0.2, -0.15) is 13.2 Å². The zero-order valence-electron chi connectivity index (χ0n) is 21.4. The Morgan fingerprint density at radius 3 is 2.56 bits per heavy atom. The highest BCUT2D eigenvalue weighted by atomic mass is 19.4. The normalized spacial score (nSPS) is 17.3. The second-order valence-electron chi connectivity index (χ2n) is 9.31. The number of amides is 3. The minimum absolute atomic E-state index is 0.0417. The Balaban J connectivity index is 1.74. The van der Waals surface area contributed by atoms with E-state index in [-0.39, 0.29) is 34.6 Å². The van der Waals surface area contributed by atoms with Crippen LogP contribution in [0.2, 0.25) is 0 Å². The molecule has 1 atom stereocenters. The third kappa shape index (κ3) is 5.08. The molecule has 39 heavy (non-hydrogen) atoms. The standard InChI is InChI=1S/C26H25F4N3O6/c1-25(24(36)31-11-16-17(27)6-5-7-18(16)37-4)13-38-21-15-10-14(26(28,29)30)8-9-19(15)39-22(21)23(35)33(25)12-20(34)32(2)3/h5-10H,11-13H2,1-4H3,(H,31,36)/t25-/m1/s1. The van der Waals surface area contributed by atoms with Crippen molar-refractivity contribution in [1.82, 2.24) is 15.1 Å².